The first-order valence-corrected chi connectivity index (χ1v) is 8.34. The van der Waals surface area contributed by atoms with Crippen LogP contribution < -0.4 is 0 Å². The Hall–Kier alpha value is -0.620. The fraction of sp³-hybridized carbons (Fsp3) is 0.917. The van der Waals surface area contributed by atoms with E-state index in [1.807, 2.05) is 18.7 Å². The Balaban J connectivity index is 2.65. The van der Waals surface area contributed by atoms with Gasteiger partial charge in [0.25, 0.3) is 0 Å². The fourth-order valence-electron chi connectivity index (χ4n) is 2.76. The van der Waals surface area contributed by atoms with Gasteiger partial charge >= 0.3 is 5.97 Å². The monoisotopic (exact) mass is 277 g/mol. The summed E-state index contributed by atoms with van der Waals surface area (Å²) in [5, 5.41) is 9.34. The molecule has 0 bridgehead atoms. The van der Waals surface area contributed by atoms with Gasteiger partial charge in [0, 0.05) is 6.26 Å². The first-order chi connectivity index (χ1) is 8.13. The van der Waals surface area contributed by atoms with E-state index in [4.69, 9.17) is 0 Å². The average Bonchev–Trinajstić information content (AvgIpc) is 2.13. The molecule has 1 fully saturated rings. The van der Waals surface area contributed by atoms with Gasteiger partial charge in [0.15, 0.2) is 0 Å². The Bertz CT molecular complexity index is 402. The van der Waals surface area contributed by atoms with Crippen LogP contribution >= 0.6 is 0 Å². The van der Waals surface area contributed by atoms with Crippen molar-refractivity contribution in [1.82, 2.24) is 4.90 Å². The standard InChI is InChI=1S/C12H23NO4S/c1-12(2)6-4-7-13(10(12)11(14)15)8-5-9-18(3,16)17/h10H,4-9H2,1-3H3,(H,14,15). The Morgan fingerprint density at radius 2 is 2.06 bits per heavy atom. The molecule has 1 aliphatic heterocycles. The molecular weight excluding hydrogens is 254 g/mol. The third kappa shape index (κ3) is 4.24. The van der Waals surface area contributed by atoms with Gasteiger partial charge in [-0.25, -0.2) is 8.42 Å². The molecule has 0 saturated carbocycles. The van der Waals surface area contributed by atoms with Gasteiger partial charge < -0.3 is 5.11 Å². The van der Waals surface area contributed by atoms with E-state index in [2.05, 4.69) is 0 Å². The maximum absolute atomic E-state index is 11.4. The summed E-state index contributed by atoms with van der Waals surface area (Å²) in [4.78, 5) is 13.3. The van der Waals surface area contributed by atoms with Crippen LogP contribution in [-0.2, 0) is 14.6 Å². The van der Waals surface area contributed by atoms with E-state index in [1.165, 1.54) is 6.26 Å². The maximum Gasteiger partial charge on any atom is 0.321 e. The predicted molar refractivity (Wildman–Crippen MR) is 70.3 cm³/mol. The zero-order valence-corrected chi connectivity index (χ0v) is 12.2. The van der Waals surface area contributed by atoms with Crippen molar-refractivity contribution in [2.45, 2.75) is 39.2 Å². The smallest absolute Gasteiger partial charge is 0.321 e. The van der Waals surface area contributed by atoms with Gasteiger partial charge in [-0.2, -0.15) is 0 Å². The second-order valence-electron chi connectivity index (χ2n) is 5.85. The molecule has 1 N–H and O–H groups in total. The molecule has 0 amide bonds. The van der Waals surface area contributed by atoms with Crippen LogP contribution in [-0.4, -0.2) is 55.5 Å². The molecule has 0 spiro atoms. The predicted octanol–water partition coefficient (Wildman–Crippen LogP) is 0.996. The molecule has 0 aromatic rings. The van der Waals surface area contributed by atoms with Gasteiger partial charge in [-0.15, -0.1) is 0 Å². The van der Waals surface area contributed by atoms with Crippen molar-refractivity contribution in [3.05, 3.63) is 0 Å². The van der Waals surface area contributed by atoms with Crippen LogP contribution in [0, 0.1) is 5.41 Å². The lowest BCUT2D eigenvalue weighted by atomic mass is 9.76. The van der Waals surface area contributed by atoms with E-state index in [0.29, 0.717) is 13.0 Å². The Kier molecular flexibility index (Phi) is 4.78. The van der Waals surface area contributed by atoms with Gasteiger partial charge in [0.05, 0.1) is 5.75 Å². The number of hydrogen-bond donors (Lipinski definition) is 1. The molecule has 18 heavy (non-hydrogen) atoms. The molecule has 1 heterocycles. The number of rotatable bonds is 5. The van der Waals surface area contributed by atoms with Crippen LogP contribution in [0.25, 0.3) is 0 Å². The summed E-state index contributed by atoms with van der Waals surface area (Å²) in [6.07, 6.45) is 3.57. The van der Waals surface area contributed by atoms with Gasteiger partial charge in [0.1, 0.15) is 15.9 Å². The van der Waals surface area contributed by atoms with Crippen molar-refractivity contribution in [3.63, 3.8) is 0 Å². The number of carboxylic acids is 1. The third-order valence-corrected chi connectivity index (χ3v) is 4.60. The topological polar surface area (TPSA) is 74.7 Å². The molecule has 5 nitrogen and oxygen atoms in total. The molecule has 1 atom stereocenters. The van der Waals surface area contributed by atoms with Crippen molar-refractivity contribution in [1.29, 1.82) is 0 Å². The van der Waals surface area contributed by atoms with E-state index in [-0.39, 0.29) is 11.2 Å². The Morgan fingerprint density at radius 1 is 1.44 bits per heavy atom. The summed E-state index contributed by atoms with van der Waals surface area (Å²) in [6.45, 7) is 5.21. The lowest BCUT2D eigenvalue weighted by Crippen LogP contribution is -2.54. The normalized spacial score (nSPS) is 24.9. The Labute approximate surface area is 109 Å². The van der Waals surface area contributed by atoms with Gasteiger partial charge in [-0.3, -0.25) is 9.69 Å². The van der Waals surface area contributed by atoms with Crippen LogP contribution in [0.1, 0.15) is 33.1 Å². The number of sulfone groups is 1. The molecular formula is C12H23NO4S. The molecule has 1 aliphatic rings. The molecule has 1 rings (SSSR count). The summed E-state index contributed by atoms with van der Waals surface area (Å²) in [5.41, 5.74) is -0.255. The highest BCUT2D eigenvalue weighted by Crippen LogP contribution is 2.35. The van der Waals surface area contributed by atoms with E-state index < -0.39 is 21.8 Å². The van der Waals surface area contributed by atoms with Crippen LogP contribution in [0.5, 0.6) is 0 Å². The molecule has 1 saturated heterocycles. The second-order valence-corrected chi connectivity index (χ2v) is 8.11. The van der Waals surface area contributed by atoms with E-state index in [0.717, 1.165) is 19.4 Å². The lowest BCUT2D eigenvalue weighted by molar-refractivity contribution is -0.150. The highest BCUT2D eigenvalue weighted by atomic mass is 32.2. The second kappa shape index (κ2) is 5.57. The number of aliphatic carboxylic acids is 1. The number of carboxylic acid groups (broad SMARTS) is 1. The zero-order valence-electron chi connectivity index (χ0n) is 11.3. The minimum atomic E-state index is -2.97. The van der Waals surface area contributed by atoms with Crippen molar-refractivity contribution >= 4 is 15.8 Å². The van der Waals surface area contributed by atoms with Crippen molar-refractivity contribution in [2.24, 2.45) is 5.41 Å². The minimum Gasteiger partial charge on any atom is -0.480 e. The fourth-order valence-corrected chi connectivity index (χ4v) is 3.41. The summed E-state index contributed by atoms with van der Waals surface area (Å²) in [6, 6.07) is -0.509. The first kappa shape index (κ1) is 15.4. The molecule has 0 aromatic carbocycles. The molecule has 6 heteroatoms. The maximum atomic E-state index is 11.4. The highest BCUT2D eigenvalue weighted by molar-refractivity contribution is 7.90. The SMILES string of the molecule is CC1(C)CCCN(CCCS(C)(=O)=O)C1C(=O)O. The van der Waals surface area contributed by atoms with Crippen LogP contribution in [0.4, 0.5) is 0 Å². The Morgan fingerprint density at radius 3 is 2.56 bits per heavy atom. The number of carbonyl (C=O) groups is 1. The first-order valence-electron chi connectivity index (χ1n) is 6.28. The number of piperidine rings is 1. The van der Waals surface area contributed by atoms with Crippen molar-refractivity contribution in [2.75, 3.05) is 25.1 Å². The highest BCUT2D eigenvalue weighted by Gasteiger charge is 2.42. The van der Waals surface area contributed by atoms with E-state index >= 15 is 0 Å². The lowest BCUT2D eigenvalue weighted by Gasteiger charge is -2.44. The van der Waals surface area contributed by atoms with Gasteiger partial charge in [-0.05, 0) is 37.8 Å². The summed E-state index contributed by atoms with van der Waals surface area (Å²) in [7, 11) is -2.97. The van der Waals surface area contributed by atoms with Gasteiger partial charge in [-0.1, -0.05) is 13.8 Å². The quantitative estimate of drug-likeness (QED) is 0.811. The van der Waals surface area contributed by atoms with E-state index in [9.17, 15) is 18.3 Å². The molecule has 106 valence electrons. The van der Waals surface area contributed by atoms with Crippen LogP contribution in [0.15, 0.2) is 0 Å². The molecule has 0 aliphatic carbocycles. The average molecular weight is 277 g/mol. The van der Waals surface area contributed by atoms with Crippen molar-refractivity contribution in [3.8, 4) is 0 Å². The largest absolute Gasteiger partial charge is 0.480 e. The van der Waals surface area contributed by atoms with Gasteiger partial charge in [0.2, 0.25) is 0 Å². The van der Waals surface area contributed by atoms with Crippen LogP contribution in [0.3, 0.4) is 0 Å². The molecule has 1 unspecified atom stereocenters. The van der Waals surface area contributed by atoms with E-state index in [1.54, 1.807) is 0 Å². The minimum absolute atomic E-state index is 0.121. The van der Waals surface area contributed by atoms with Crippen molar-refractivity contribution < 1.29 is 18.3 Å². The molecule has 0 aromatic heterocycles. The number of nitrogens with zero attached hydrogens (tertiary/aromatic N) is 1. The van der Waals surface area contributed by atoms with Crippen LogP contribution in [0.2, 0.25) is 0 Å². The number of likely N-dealkylation sites (tertiary alicyclic amines) is 1. The molecule has 0 radical (unpaired) electrons. The summed E-state index contributed by atoms with van der Waals surface area (Å²) >= 11 is 0. The number of hydrogen-bond acceptors (Lipinski definition) is 4. The zero-order chi connectivity index (χ0) is 14.0. The third-order valence-electron chi connectivity index (χ3n) is 3.57. The summed E-state index contributed by atoms with van der Waals surface area (Å²) < 4.78 is 22.2. The summed E-state index contributed by atoms with van der Waals surface area (Å²) in [5.74, 6) is -0.685.